The number of amides is 1. The van der Waals surface area contributed by atoms with Gasteiger partial charge >= 0.3 is 0 Å². The van der Waals surface area contributed by atoms with Gasteiger partial charge in [0, 0.05) is 20.1 Å². The molecule has 0 radical (unpaired) electrons. The van der Waals surface area contributed by atoms with Crippen LogP contribution in [0, 0.1) is 0 Å². The summed E-state index contributed by atoms with van der Waals surface area (Å²) in [6.45, 7) is 1.12. The third-order valence-corrected chi connectivity index (χ3v) is 1.83. The summed E-state index contributed by atoms with van der Waals surface area (Å²) in [5, 5.41) is 6.57. The van der Waals surface area contributed by atoms with Crippen molar-refractivity contribution in [3.8, 4) is 0 Å². The summed E-state index contributed by atoms with van der Waals surface area (Å²) in [4.78, 5) is 14.6. The van der Waals surface area contributed by atoms with Crippen molar-refractivity contribution in [2.75, 3.05) is 20.3 Å². The number of carbonyl (C=O) groups is 1. The van der Waals surface area contributed by atoms with E-state index < -0.39 is 5.91 Å². The molecule has 0 aliphatic heterocycles. The Morgan fingerprint density at radius 3 is 3.12 bits per heavy atom. The van der Waals surface area contributed by atoms with Crippen LogP contribution in [-0.2, 0) is 22.5 Å². The van der Waals surface area contributed by atoms with Crippen molar-refractivity contribution in [3.63, 3.8) is 0 Å². The molecule has 90 valence electrons. The Labute approximate surface area is 93.3 Å². The molecule has 1 amide bonds. The monoisotopic (exact) mass is 228 g/mol. The second-order valence-electron chi connectivity index (χ2n) is 3.27. The number of nitrogens with two attached hydrogens (primary N) is 1. The highest BCUT2D eigenvalue weighted by atomic mass is 16.5. The second kappa shape index (κ2) is 6.91. The van der Waals surface area contributed by atoms with Gasteiger partial charge in [-0.2, -0.15) is 4.98 Å². The largest absolute Gasteiger partial charge is 0.385 e. The summed E-state index contributed by atoms with van der Waals surface area (Å²) in [6, 6.07) is 0. The molecule has 1 rings (SSSR count). The van der Waals surface area contributed by atoms with Gasteiger partial charge in [-0.1, -0.05) is 5.16 Å². The average molecular weight is 228 g/mol. The third kappa shape index (κ3) is 4.85. The van der Waals surface area contributed by atoms with Crippen LogP contribution in [0.15, 0.2) is 4.52 Å². The van der Waals surface area contributed by atoms with Crippen molar-refractivity contribution in [2.24, 2.45) is 5.73 Å². The van der Waals surface area contributed by atoms with E-state index in [9.17, 15) is 4.79 Å². The summed E-state index contributed by atoms with van der Waals surface area (Å²) in [7, 11) is 1.65. The van der Waals surface area contributed by atoms with Gasteiger partial charge in [-0.15, -0.1) is 0 Å². The van der Waals surface area contributed by atoms with Gasteiger partial charge in [-0.05, 0) is 6.42 Å². The lowest BCUT2D eigenvalue weighted by Gasteiger charge is -1.95. The molecule has 0 aliphatic rings. The first kappa shape index (κ1) is 12.6. The zero-order valence-electron chi connectivity index (χ0n) is 9.23. The summed E-state index contributed by atoms with van der Waals surface area (Å²) in [6.07, 6.45) is 1.57. The average Bonchev–Trinajstić information content (AvgIpc) is 2.66. The number of aromatic nitrogens is 2. The Balaban J connectivity index is 2.25. The van der Waals surface area contributed by atoms with Gasteiger partial charge in [-0.3, -0.25) is 10.1 Å². The van der Waals surface area contributed by atoms with Crippen molar-refractivity contribution in [3.05, 3.63) is 11.7 Å². The number of methoxy groups -OCH3 is 1. The third-order valence-electron chi connectivity index (χ3n) is 1.83. The van der Waals surface area contributed by atoms with Crippen LogP contribution in [0.2, 0.25) is 0 Å². The molecule has 1 aromatic heterocycles. The minimum Gasteiger partial charge on any atom is -0.385 e. The number of nitrogens with one attached hydrogen (secondary N) is 1. The van der Waals surface area contributed by atoms with Crippen LogP contribution in [0.4, 0.5) is 0 Å². The molecule has 7 nitrogen and oxygen atoms in total. The van der Waals surface area contributed by atoms with Gasteiger partial charge in [0.15, 0.2) is 5.82 Å². The van der Waals surface area contributed by atoms with Crippen LogP contribution in [0.5, 0.6) is 0 Å². The highest BCUT2D eigenvalue weighted by Gasteiger charge is 2.05. The van der Waals surface area contributed by atoms with E-state index in [1.165, 1.54) is 0 Å². The predicted octanol–water partition coefficient (Wildman–Crippen LogP) is -0.776. The molecule has 7 heteroatoms. The number of hydrogen-bond donors (Lipinski definition) is 2. The number of aryl methyl sites for hydroxylation is 1. The number of nitrogens with zero attached hydrogens (tertiary/aromatic N) is 2. The van der Waals surface area contributed by atoms with E-state index in [1.54, 1.807) is 7.11 Å². The van der Waals surface area contributed by atoms with Gasteiger partial charge in [0.1, 0.15) is 0 Å². The van der Waals surface area contributed by atoms with Gasteiger partial charge in [0.05, 0.1) is 13.1 Å². The lowest BCUT2D eigenvalue weighted by molar-refractivity contribution is -0.117. The van der Waals surface area contributed by atoms with Gasteiger partial charge in [-0.25, -0.2) is 0 Å². The molecule has 1 heterocycles. The van der Waals surface area contributed by atoms with E-state index in [-0.39, 0.29) is 6.54 Å². The highest BCUT2D eigenvalue weighted by molar-refractivity contribution is 5.75. The fraction of sp³-hybridized carbons (Fsp3) is 0.667. The van der Waals surface area contributed by atoms with E-state index in [0.717, 1.165) is 6.42 Å². The zero-order chi connectivity index (χ0) is 11.8. The Kier molecular flexibility index (Phi) is 5.44. The lowest BCUT2D eigenvalue weighted by Crippen LogP contribution is -2.28. The molecule has 0 saturated heterocycles. The van der Waals surface area contributed by atoms with Crippen LogP contribution in [0.3, 0.4) is 0 Å². The molecule has 3 N–H and O–H groups in total. The molecule has 0 fully saturated rings. The van der Waals surface area contributed by atoms with Crippen molar-refractivity contribution in [2.45, 2.75) is 19.4 Å². The Bertz CT molecular complexity index is 326. The Hall–Kier alpha value is -1.47. The maximum Gasteiger partial charge on any atom is 0.240 e. The number of carbonyl (C=O) groups excluding carboxylic acids is 1. The first-order valence-corrected chi connectivity index (χ1v) is 5.02. The molecule has 1 aromatic rings. The van der Waals surface area contributed by atoms with E-state index in [4.69, 9.17) is 15.0 Å². The lowest BCUT2D eigenvalue weighted by atomic mass is 10.3. The standard InChI is InChI=1S/C9H16N4O3/c1-15-4-2-3-8-12-9(16-13-8)6-11-5-7(10)14/h11H,2-6H2,1H3,(H2,10,14). The van der Waals surface area contributed by atoms with Gasteiger partial charge in [0.2, 0.25) is 11.8 Å². The summed E-state index contributed by atoms with van der Waals surface area (Å²) in [5.74, 6) is 0.682. The molecule has 0 spiro atoms. The van der Waals surface area contributed by atoms with E-state index >= 15 is 0 Å². The fourth-order valence-corrected chi connectivity index (χ4v) is 1.13. The van der Waals surface area contributed by atoms with E-state index in [2.05, 4.69) is 15.5 Å². The smallest absolute Gasteiger partial charge is 0.240 e. The molecule has 0 aromatic carbocycles. The fourth-order valence-electron chi connectivity index (χ4n) is 1.13. The van der Waals surface area contributed by atoms with Crippen molar-refractivity contribution in [1.29, 1.82) is 0 Å². The molecule has 0 atom stereocenters. The SMILES string of the molecule is COCCCc1noc(CNCC(N)=O)n1. The maximum absolute atomic E-state index is 10.4. The van der Waals surface area contributed by atoms with E-state index in [0.29, 0.717) is 31.3 Å². The van der Waals surface area contributed by atoms with Gasteiger partial charge < -0.3 is 15.0 Å². The van der Waals surface area contributed by atoms with Crippen LogP contribution in [0.1, 0.15) is 18.1 Å². The minimum absolute atomic E-state index is 0.0986. The normalized spacial score (nSPS) is 10.6. The predicted molar refractivity (Wildman–Crippen MR) is 55.4 cm³/mol. The number of ether oxygens (including phenoxy) is 1. The number of hydrogen-bond acceptors (Lipinski definition) is 6. The van der Waals surface area contributed by atoms with Crippen LogP contribution in [-0.4, -0.2) is 36.3 Å². The summed E-state index contributed by atoms with van der Waals surface area (Å²) >= 11 is 0. The van der Waals surface area contributed by atoms with E-state index in [1.807, 2.05) is 0 Å². The highest BCUT2D eigenvalue weighted by Crippen LogP contribution is 2.00. The van der Waals surface area contributed by atoms with Crippen molar-refractivity contribution >= 4 is 5.91 Å². The molecular weight excluding hydrogens is 212 g/mol. The minimum atomic E-state index is -0.417. The number of primary amides is 1. The molecule has 0 bridgehead atoms. The van der Waals surface area contributed by atoms with Crippen LogP contribution < -0.4 is 11.1 Å². The molecule has 0 unspecified atom stereocenters. The van der Waals surface area contributed by atoms with Crippen molar-refractivity contribution in [1.82, 2.24) is 15.5 Å². The molecule has 16 heavy (non-hydrogen) atoms. The first-order valence-electron chi connectivity index (χ1n) is 5.02. The first-order chi connectivity index (χ1) is 7.72. The van der Waals surface area contributed by atoms with Gasteiger partial charge in [0.25, 0.3) is 0 Å². The van der Waals surface area contributed by atoms with Crippen molar-refractivity contribution < 1.29 is 14.1 Å². The number of rotatable bonds is 8. The summed E-state index contributed by atoms with van der Waals surface area (Å²) in [5.41, 5.74) is 4.96. The Morgan fingerprint density at radius 2 is 2.44 bits per heavy atom. The zero-order valence-corrected chi connectivity index (χ0v) is 9.23. The maximum atomic E-state index is 10.4. The van der Waals surface area contributed by atoms with Crippen LogP contribution >= 0.6 is 0 Å². The Morgan fingerprint density at radius 1 is 1.62 bits per heavy atom. The topological polar surface area (TPSA) is 103 Å². The molecule has 0 aliphatic carbocycles. The van der Waals surface area contributed by atoms with Crippen LogP contribution in [0.25, 0.3) is 0 Å². The summed E-state index contributed by atoms with van der Waals surface area (Å²) < 4.78 is 9.87. The quantitative estimate of drug-likeness (QED) is 0.566. The molecular formula is C9H16N4O3. The molecule has 0 saturated carbocycles. The second-order valence-corrected chi connectivity index (χ2v) is 3.27.